The van der Waals surface area contributed by atoms with Crippen molar-refractivity contribution < 1.29 is 69.8 Å². The van der Waals surface area contributed by atoms with E-state index in [2.05, 4.69) is 0 Å². The molecule has 2 aromatic rings. The molecule has 1 saturated heterocycles. The Bertz CT molecular complexity index is 1310. The molecular formula is C22H20O14. The van der Waals surface area contributed by atoms with Crippen molar-refractivity contribution in [2.24, 2.45) is 0 Å². The molecule has 4 unspecified atom stereocenters. The van der Waals surface area contributed by atoms with Crippen LogP contribution < -0.4 is 4.74 Å². The first-order chi connectivity index (χ1) is 16.8. The van der Waals surface area contributed by atoms with Crippen LogP contribution in [0.15, 0.2) is 6.07 Å². The van der Waals surface area contributed by atoms with Crippen LogP contribution in [-0.2, 0) is 4.74 Å². The summed E-state index contributed by atoms with van der Waals surface area (Å²) < 4.78 is 10.3. The monoisotopic (exact) mass is 508 g/mol. The van der Waals surface area contributed by atoms with E-state index < -0.39 is 111 Å². The molecule has 0 saturated carbocycles. The number of aliphatic hydroxyl groups is 4. The molecule has 192 valence electrons. The van der Waals surface area contributed by atoms with Crippen LogP contribution in [0.5, 0.6) is 28.7 Å². The summed E-state index contributed by atoms with van der Waals surface area (Å²) in [6, 6.07) is 0.709. The van der Waals surface area contributed by atoms with Crippen molar-refractivity contribution in [3.8, 4) is 28.7 Å². The Labute approximate surface area is 200 Å². The average Bonchev–Trinajstić information content (AvgIpc) is 2.81. The zero-order valence-electron chi connectivity index (χ0n) is 18.2. The highest BCUT2D eigenvalue weighted by Gasteiger charge is 2.47. The molecule has 4 rings (SSSR count). The van der Waals surface area contributed by atoms with Gasteiger partial charge >= 0.3 is 5.97 Å². The lowest BCUT2D eigenvalue weighted by molar-refractivity contribution is -0.277. The third-order valence-corrected chi connectivity index (χ3v) is 6.16. The van der Waals surface area contributed by atoms with Crippen molar-refractivity contribution in [1.82, 2.24) is 0 Å². The fourth-order valence-corrected chi connectivity index (χ4v) is 4.32. The van der Waals surface area contributed by atoms with E-state index in [9.17, 15) is 60.3 Å². The molecule has 1 heterocycles. The minimum Gasteiger partial charge on any atom is -0.507 e. The lowest BCUT2D eigenvalue weighted by Gasteiger charge is -2.39. The topological polar surface area (TPSA) is 252 Å². The number of hydrogen-bond donors (Lipinski definition) is 9. The molecule has 14 nitrogen and oxygen atoms in total. The highest BCUT2D eigenvalue weighted by atomic mass is 16.7. The number of carboxylic acids is 1. The summed E-state index contributed by atoms with van der Waals surface area (Å²) in [4.78, 5) is 38.0. The summed E-state index contributed by atoms with van der Waals surface area (Å²) >= 11 is 0. The van der Waals surface area contributed by atoms with Gasteiger partial charge in [0.05, 0.1) is 17.7 Å². The summed E-state index contributed by atoms with van der Waals surface area (Å²) in [6.07, 6.45) is -9.06. The number of fused-ring (bicyclic) bond motifs is 2. The number of carboxylic acid groups (broad SMARTS) is 1. The van der Waals surface area contributed by atoms with Crippen LogP contribution in [0.25, 0.3) is 0 Å². The number of carbonyl (C=O) groups excluding carboxylic acids is 2. The fraction of sp³-hybridized carbons (Fsp3) is 0.318. The highest BCUT2D eigenvalue weighted by molar-refractivity contribution is 6.32. The molecule has 1 aliphatic carbocycles. The minimum atomic E-state index is -2.00. The van der Waals surface area contributed by atoms with Gasteiger partial charge < -0.3 is 55.4 Å². The van der Waals surface area contributed by atoms with Crippen LogP contribution >= 0.6 is 0 Å². The first-order valence-corrected chi connectivity index (χ1v) is 10.3. The lowest BCUT2D eigenvalue weighted by atomic mass is 9.79. The molecule has 5 atom stereocenters. The van der Waals surface area contributed by atoms with Crippen molar-refractivity contribution >= 4 is 17.5 Å². The number of hydrogen-bond acceptors (Lipinski definition) is 13. The summed E-state index contributed by atoms with van der Waals surface area (Å²) in [5.41, 5.74) is -3.74. The summed E-state index contributed by atoms with van der Waals surface area (Å²) in [7, 11) is 0. The Morgan fingerprint density at radius 3 is 2.11 bits per heavy atom. The number of carbonyl (C=O) groups is 3. The summed E-state index contributed by atoms with van der Waals surface area (Å²) in [6.45, 7) is 0.306. The largest absolute Gasteiger partial charge is 0.507 e. The number of aliphatic hydroxyl groups excluding tert-OH is 4. The van der Waals surface area contributed by atoms with E-state index >= 15 is 0 Å². The molecule has 2 aliphatic rings. The Balaban J connectivity index is 1.88. The molecule has 14 heteroatoms. The van der Waals surface area contributed by atoms with Gasteiger partial charge in [-0.2, -0.15) is 0 Å². The van der Waals surface area contributed by atoms with Crippen LogP contribution in [0.2, 0.25) is 0 Å². The highest BCUT2D eigenvalue weighted by Crippen LogP contribution is 2.52. The van der Waals surface area contributed by atoms with Crippen LogP contribution in [0.1, 0.15) is 47.8 Å². The van der Waals surface area contributed by atoms with E-state index in [0.717, 1.165) is 6.92 Å². The van der Waals surface area contributed by atoms with Crippen LogP contribution in [0.3, 0.4) is 0 Å². The molecule has 0 spiro atoms. The van der Waals surface area contributed by atoms with Crippen LogP contribution in [0.4, 0.5) is 0 Å². The van der Waals surface area contributed by atoms with Gasteiger partial charge in [0.2, 0.25) is 17.8 Å². The Morgan fingerprint density at radius 2 is 1.53 bits per heavy atom. The zero-order chi connectivity index (χ0) is 26.8. The normalized spacial score (nSPS) is 25.3. The second-order valence-corrected chi connectivity index (χ2v) is 8.22. The quantitative estimate of drug-likeness (QED) is 0.143. The first kappa shape index (κ1) is 25.2. The van der Waals surface area contributed by atoms with Gasteiger partial charge in [-0.1, -0.05) is 0 Å². The van der Waals surface area contributed by atoms with Gasteiger partial charge in [-0.25, -0.2) is 4.79 Å². The van der Waals surface area contributed by atoms with E-state index in [4.69, 9.17) is 9.47 Å². The number of ketones is 2. The predicted molar refractivity (Wildman–Crippen MR) is 112 cm³/mol. The maximum atomic E-state index is 13.3. The van der Waals surface area contributed by atoms with Gasteiger partial charge in [0.15, 0.2) is 23.1 Å². The van der Waals surface area contributed by atoms with Crippen molar-refractivity contribution in [3.63, 3.8) is 0 Å². The van der Waals surface area contributed by atoms with Gasteiger partial charge in [0, 0.05) is 11.1 Å². The smallest absolute Gasteiger partial charge is 0.339 e. The maximum absolute atomic E-state index is 13.3. The van der Waals surface area contributed by atoms with Crippen molar-refractivity contribution in [1.29, 1.82) is 0 Å². The molecule has 0 aromatic heterocycles. The molecule has 1 fully saturated rings. The minimum absolute atomic E-state index is 0.315. The van der Waals surface area contributed by atoms with Crippen molar-refractivity contribution in [2.45, 2.75) is 37.6 Å². The fourth-order valence-electron chi connectivity index (χ4n) is 4.32. The molecule has 36 heavy (non-hydrogen) atoms. The number of phenolic OH excluding ortho intramolecular Hbond substituents is 3. The van der Waals surface area contributed by atoms with Crippen molar-refractivity contribution in [3.05, 3.63) is 39.4 Å². The summed E-state index contributed by atoms with van der Waals surface area (Å²) in [5, 5.41) is 90.5. The van der Waals surface area contributed by atoms with E-state index in [1.54, 1.807) is 0 Å². The van der Waals surface area contributed by atoms with E-state index in [-0.39, 0.29) is 5.56 Å². The number of benzene rings is 2. The van der Waals surface area contributed by atoms with Gasteiger partial charge in [-0.15, -0.1) is 0 Å². The number of aromatic carboxylic acids is 1. The number of ether oxygens (including phenoxy) is 2. The van der Waals surface area contributed by atoms with Crippen LogP contribution in [-0.4, -0.2) is 101 Å². The second-order valence-electron chi connectivity index (χ2n) is 8.22. The van der Waals surface area contributed by atoms with Gasteiger partial charge in [-0.3, -0.25) is 9.59 Å². The van der Waals surface area contributed by atoms with E-state index in [0.29, 0.717) is 6.07 Å². The van der Waals surface area contributed by atoms with E-state index in [1.807, 2.05) is 0 Å². The molecule has 9 N–H and O–H groups in total. The Morgan fingerprint density at radius 1 is 0.917 bits per heavy atom. The average molecular weight is 508 g/mol. The molecule has 0 radical (unpaired) electrons. The predicted octanol–water partition coefficient (Wildman–Crippen LogP) is -1.53. The second kappa shape index (κ2) is 8.61. The van der Waals surface area contributed by atoms with Crippen molar-refractivity contribution in [2.75, 3.05) is 6.61 Å². The number of rotatable bonds is 4. The third kappa shape index (κ3) is 3.42. The molecule has 2 aromatic carbocycles. The Kier molecular flexibility index (Phi) is 6.02. The molecule has 0 bridgehead atoms. The number of phenols is 4. The molecule has 1 aliphatic heterocycles. The zero-order valence-corrected chi connectivity index (χ0v) is 18.2. The SMILES string of the molecule is Cc1c(C(=O)O)c(O)cc2c1C(=O)c1c(O)c(O[C@H]3OC(CO)C(O)C(O)C3O)c(O)c(O)c1C2=O. The van der Waals surface area contributed by atoms with Gasteiger partial charge in [-0.05, 0) is 18.6 Å². The number of aromatic hydroxyl groups is 4. The van der Waals surface area contributed by atoms with E-state index in [1.165, 1.54) is 0 Å². The maximum Gasteiger partial charge on any atom is 0.339 e. The molecule has 0 amide bonds. The van der Waals surface area contributed by atoms with Crippen LogP contribution in [0, 0.1) is 6.92 Å². The van der Waals surface area contributed by atoms with Gasteiger partial charge in [0.1, 0.15) is 35.7 Å². The first-order valence-electron chi connectivity index (χ1n) is 10.3. The van der Waals surface area contributed by atoms with Gasteiger partial charge in [0.25, 0.3) is 0 Å². The third-order valence-electron chi connectivity index (χ3n) is 6.16. The Hall–Kier alpha value is -3.95. The standard InChI is InChI=1S/C22H20O14/c1-4-8-5(2-6(24)9(4)21(33)34)12(25)10-11(14(8)27)16(29)20(18(31)15(10)28)36-22-19(32)17(30)13(26)7(3-23)35-22/h2,7,13,17,19,22-24,26,28-32H,3H2,1H3,(H,33,34)/t7?,13?,17?,19?,22-/m1/s1. The summed E-state index contributed by atoms with van der Waals surface area (Å²) in [5.74, 6) is -9.51. The lowest BCUT2D eigenvalue weighted by Crippen LogP contribution is -2.60. The molecular weight excluding hydrogens is 488 g/mol.